The molecule has 2 aromatic rings. The maximum absolute atomic E-state index is 5.75. The first-order valence-electron chi connectivity index (χ1n) is 6.11. The van der Waals surface area contributed by atoms with Crippen LogP contribution in [0, 0.1) is 0 Å². The first kappa shape index (κ1) is 13.7. The second kappa shape index (κ2) is 6.45. The van der Waals surface area contributed by atoms with E-state index < -0.39 is 0 Å². The summed E-state index contributed by atoms with van der Waals surface area (Å²) in [7, 11) is 0. The van der Waals surface area contributed by atoms with E-state index in [1.54, 1.807) is 11.3 Å². The number of nitrogens with two attached hydrogens (primary N) is 1. The molecule has 18 heavy (non-hydrogen) atoms. The number of rotatable bonds is 5. The van der Waals surface area contributed by atoms with E-state index in [0.717, 1.165) is 29.4 Å². The number of hydrogen-bond donors (Lipinski definition) is 1. The van der Waals surface area contributed by atoms with Gasteiger partial charge in [-0.25, -0.2) is 4.98 Å². The van der Waals surface area contributed by atoms with Crippen molar-refractivity contribution in [3.05, 3.63) is 39.1 Å². The molecule has 0 saturated carbocycles. The van der Waals surface area contributed by atoms with Gasteiger partial charge in [0.1, 0.15) is 0 Å². The van der Waals surface area contributed by atoms with Crippen molar-refractivity contribution in [1.82, 2.24) is 4.98 Å². The molecule has 0 aliphatic carbocycles. The lowest BCUT2D eigenvalue weighted by atomic mass is 10.1. The number of nitrogens with zero attached hydrogens (tertiary/aromatic N) is 1. The Bertz CT molecular complexity index is 508. The number of hydrogen-bond acceptors (Lipinski definition) is 3. The van der Waals surface area contributed by atoms with Gasteiger partial charge in [-0.2, -0.15) is 0 Å². The van der Waals surface area contributed by atoms with Crippen molar-refractivity contribution in [1.29, 1.82) is 0 Å². The highest BCUT2D eigenvalue weighted by molar-refractivity contribution is 9.10. The Balaban J connectivity index is 2.02. The Morgan fingerprint density at radius 2 is 2.28 bits per heavy atom. The maximum Gasteiger partial charge on any atom is 0.0932 e. The van der Waals surface area contributed by atoms with Crippen LogP contribution in [0.1, 0.15) is 24.8 Å². The number of thiazole rings is 1. The number of aryl methyl sites for hydroxylation is 1. The quantitative estimate of drug-likeness (QED) is 0.893. The highest BCUT2D eigenvalue weighted by atomic mass is 79.9. The molecule has 0 radical (unpaired) electrons. The zero-order valence-corrected chi connectivity index (χ0v) is 12.8. The minimum absolute atomic E-state index is 0.287. The van der Waals surface area contributed by atoms with E-state index >= 15 is 0 Å². The van der Waals surface area contributed by atoms with Crippen molar-refractivity contribution < 1.29 is 0 Å². The summed E-state index contributed by atoms with van der Waals surface area (Å²) in [5.74, 6) is 0. The molecular weight excluding hydrogens is 308 g/mol. The van der Waals surface area contributed by atoms with Crippen LogP contribution in [-0.4, -0.2) is 11.0 Å². The van der Waals surface area contributed by atoms with E-state index in [-0.39, 0.29) is 6.04 Å². The van der Waals surface area contributed by atoms with Gasteiger partial charge in [0, 0.05) is 21.5 Å². The Morgan fingerprint density at radius 3 is 3.00 bits per heavy atom. The second-order valence-electron chi connectivity index (χ2n) is 4.51. The third kappa shape index (κ3) is 3.90. The largest absolute Gasteiger partial charge is 0.328 e. The molecule has 1 unspecified atom stereocenters. The fourth-order valence-corrected chi connectivity index (χ4v) is 3.03. The minimum Gasteiger partial charge on any atom is -0.328 e. The molecule has 0 amide bonds. The lowest BCUT2D eigenvalue weighted by Gasteiger charge is -2.02. The molecule has 2 rings (SSSR count). The van der Waals surface area contributed by atoms with E-state index in [9.17, 15) is 0 Å². The molecule has 1 heterocycles. The Morgan fingerprint density at radius 1 is 1.44 bits per heavy atom. The zero-order chi connectivity index (χ0) is 13.0. The van der Waals surface area contributed by atoms with E-state index in [0.29, 0.717) is 0 Å². The summed E-state index contributed by atoms with van der Waals surface area (Å²) < 4.78 is 1.09. The monoisotopic (exact) mass is 324 g/mol. The van der Waals surface area contributed by atoms with Crippen LogP contribution in [0.2, 0.25) is 0 Å². The summed E-state index contributed by atoms with van der Waals surface area (Å²) in [6.07, 6.45) is 3.20. The third-order valence-electron chi connectivity index (χ3n) is 2.72. The van der Waals surface area contributed by atoms with E-state index in [4.69, 9.17) is 5.73 Å². The predicted molar refractivity (Wildman–Crippen MR) is 81.8 cm³/mol. The summed E-state index contributed by atoms with van der Waals surface area (Å²) in [6, 6.07) is 8.54. The molecule has 96 valence electrons. The molecule has 0 bridgehead atoms. The standard InChI is InChI=1S/C14H17BrN2S/c1-10(16)4-2-7-14-17-13(9-18-14)11-5-3-6-12(15)8-11/h3,5-6,8-10H,2,4,7,16H2,1H3. The van der Waals surface area contributed by atoms with Gasteiger partial charge < -0.3 is 5.73 Å². The normalized spacial score (nSPS) is 12.6. The third-order valence-corrected chi connectivity index (χ3v) is 4.12. The SMILES string of the molecule is CC(N)CCCc1nc(-c2cccc(Br)c2)cs1. The fourth-order valence-electron chi connectivity index (χ4n) is 1.78. The highest BCUT2D eigenvalue weighted by Gasteiger charge is 2.05. The summed E-state index contributed by atoms with van der Waals surface area (Å²) in [4.78, 5) is 4.68. The molecule has 0 fully saturated rings. The first-order valence-corrected chi connectivity index (χ1v) is 7.78. The van der Waals surface area contributed by atoms with Gasteiger partial charge in [0.15, 0.2) is 0 Å². The van der Waals surface area contributed by atoms with E-state index in [1.807, 2.05) is 12.1 Å². The van der Waals surface area contributed by atoms with Gasteiger partial charge >= 0.3 is 0 Å². The summed E-state index contributed by atoms with van der Waals surface area (Å²) >= 11 is 5.22. The van der Waals surface area contributed by atoms with Crippen LogP contribution in [0.4, 0.5) is 0 Å². The maximum atomic E-state index is 5.75. The van der Waals surface area contributed by atoms with Crippen molar-refractivity contribution >= 4 is 27.3 Å². The van der Waals surface area contributed by atoms with Crippen LogP contribution in [0.3, 0.4) is 0 Å². The minimum atomic E-state index is 0.287. The van der Waals surface area contributed by atoms with Crippen molar-refractivity contribution in [2.75, 3.05) is 0 Å². The Kier molecular flexibility index (Phi) is 4.92. The summed E-state index contributed by atoms with van der Waals surface area (Å²) in [5, 5.41) is 3.33. The van der Waals surface area contributed by atoms with Crippen LogP contribution in [0.25, 0.3) is 11.3 Å². The fraction of sp³-hybridized carbons (Fsp3) is 0.357. The van der Waals surface area contributed by atoms with Crippen molar-refractivity contribution in [3.8, 4) is 11.3 Å². The molecule has 1 aromatic carbocycles. The summed E-state index contributed by atoms with van der Waals surface area (Å²) in [5.41, 5.74) is 7.98. The molecule has 0 aliphatic heterocycles. The van der Waals surface area contributed by atoms with Gasteiger partial charge in [-0.15, -0.1) is 11.3 Å². The molecule has 0 aliphatic rings. The van der Waals surface area contributed by atoms with Gasteiger partial charge in [-0.05, 0) is 38.3 Å². The molecule has 4 heteroatoms. The predicted octanol–water partition coefficient (Wildman–Crippen LogP) is 4.24. The van der Waals surface area contributed by atoms with E-state index in [1.165, 1.54) is 10.6 Å². The van der Waals surface area contributed by atoms with Crippen LogP contribution < -0.4 is 5.73 Å². The molecule has 1 atom stereocenters. The Labute approximate surface area is 120 Å². The Hall–Kier alpha value is -0.710. The zero-order valence-electron chi connectivity index (χ0n) is 10.4. The highest BCUT2D eigenvalue weighted by Crippen LogP contribution is 2.25. The molecule has 1 aromatic heterocycles. The first-order chi connectivity index (χ1) is 8.65. The van der Waals surface area contributed by atoms with Crippen LogP contribution >= 0.6 is 27.3 Å². The summed E-state index contributed by atoms with van der Waals surface area (Å²) in [6.45, 7) is 2.05. The number of halogens is 1. The van der Waals surface area contributed by atoms with Crippen molar-refractivity contribution in [2.45, 2.75) is 32.2 Å². The molecule has 0 saturated heterocycles. The molecule has 0 spiro atoms. The van der Waals surface area contributed by atoms with Gasteiger partial charge in [0.2, 0.25) is 0 Å². The van der Waals surface area contributed by atoms with Crippen LogP contribution in [-0.2, 0) is 6.42 Å². The van der Waals surface area contributed by atoms with Crippen molar-refractivity contribution in [2.24, 2.45) is 5.73 Å². The lowest BCUT2D eigenvalue weighted by Crippen LogP contribution is -2.14. The second-order valence-corrected chi connectivity index (χ2v) is 6.36. The lowest BCUT2D eigenvalue weighted by molar-refractivity contribution is 0.623. The smallest absolute Gasteiger partial charge is 0.0932 e. The van der Waals surface area contributed by atoms with Crippen molar-refractivity contribution in [3.63, 3.8) is 0 Å². The van der Waals surface area contributed by atoms with Gasteiger partial charge in [-0.3, -0.25) is 0 Å². The molecular formula is C14H17BrN2S. The van der Waals surface area contributed by atoms with Gasteiger partial charge in [-0.1, -0.05) is 28.1 Å². The average molecular weight is 325 g/mol. The number of benzene rings is 1. The van der Waals surface area contributed by atoms with Crippen LogP contribution in [0.5, 0.6) is 0 Å². The topological polar surface area (TPSA) is 38.9 Å². The average Bonchev–Trinajstić information content (AvgIpc) is 2.77. The molecule has 2 nitrogen and oxygen atoms in total. The van der Waals surface area contributed by atoms with Gasteiger partial charge in [0.25, 0.3) is 0 Å². The van der Waals surface area contributed by atoms with Crippen LogP contribution in [0.15, 0.2) is 34.1 Å². The molecule has 2 N–H and O–H groups in total. The van der Waals surface area contributed by atoms with Gasteiger partial charge in [0.05, 0.1) is 10.7 Å². The number of aromatic nitrogens is 1. The van der Waals surface area contributed by atoms with E-state index in [2.05, 4.69) is 45.4 Å².